The molecule has 0 spiro atoms. The van der Waals surface area contributed by atoms with Gasteiger partial charge in [0.2, 0.25) is 11.8 Å². The third-order valence-electron chi connectivity index (χ3n) is 6.17. The zero-order valence-electron chi connectivity index (χ0n) is 20.2. The van der Waals surface area contributed by atoms with Crippen LogP contribution < -0.4 is 10.2 Å². The van der Waals surface area contributed by atoms with E-state index in [1.807, 2.05) is 24.3 Å². The molecule has 1 atom stereocenters. The van der Waals surface area contributed by atoms with Gasteiger partial charge in [0.05, 0.1) is 18.5 Å². The number of halogens is 1. The normalized spacial score (nSPS) is 14.7. The number of rotatable bonds is 7. The van der Waals surface area contributed by atoms with Crippen molar-refractivity contribution in [3.05, 3.63) is 89.2 Å². The summed E-state index contributed by atoms with van der Waals surface area (Å²) in [6.07, 6.45) is 0.790. The lowest BCUT2D eigenvalue weighted by Crippen LogP contribution is -2.22. The zero-order valence-corrected chi connectivity index (χ0v) is 20.2. The van der Waals surface area contributed by atoms with E-state index in [0.717, 1.165) is 16.8 Å². The van der Waals surface area contributed by atoms with Gasteiger partial charge in [0, 0.05) is 31.8 Å². The van der Waals surface area contributed by atoms with Crippen LogP contribution in [0, 0.1) is 5.82 Å². The average molecular weight is 488 g/mol. The first-order valence-corrected chi connectivity index (χ1v) is 11.5. The Hall–Kier alpha value is -4.33. The number of amides is 2. The van der Waals surface area contributed by atoms with Crippen molar-refractivity contribution in [3.8, 4) is 0 Å². The number of carbonyl (C=O) groups is 3. The number of methoxy groups -OCH3 is 1. The summed E-state index contributed by atoms with van der Waals surface area (Å²) in [7, 11) is 3.04. The van der Waals surface area contributed by atoms with Crippen LogP contribution in [-0.2, 0) is 25.5 Å². The molecule has 8 heteroatoms. The molecular formula is C28H26FN3O4. The van der Waals surface area contributed by atoms with E-state index < -0.39 is 11.7 Å². The minimum absolute atomic E-state index is 0.0919. The maximum Gasteiger partial charge on any atom is 0.305 e. The van der Waals surface area contributed by atoms with Gasteiger partial charge in [0.25, 0.3) is 0 Å². The molecule has 1 unspecified atom stereocenters. The summed E-state index contributed by atoms with van der Waals surface area (Å²) in [5.41, 5.74) is 4.55. The van der Waals surface area contributed by atoms with Crippen molar-refractivity contribution in [2.24, 2.45) is 4.99 Å². The number of nitrogens with one attached hydrogen (secondary N) is 1. The Morgan fingerprint density at radius 3 is 2.39 bits per heavy atom. The van der Waals surface area contributed by atoms with Gasteiger partial charge in [-0.25, -0.2) is 4.39 Å². The van der Waals surface area contributed by atoms with E-state index in [-0.39, 0.29) is 24.2 Å². The molecule has 0 aromatic heterocycles. The molecule has 0 bridgehead atoms. The van der Waals surface area contributed by atoms with Gasteiger partial charge in [-0.2, -0.15) is 0 Å². The van der Waals surface area contributed by atoms with Crippen LogP contribution in [0.25, 0.3) is 0 Å². The number of anilines is 2. The van der Waals surface area contributed by atoms with Crippen LogP contribution in [0.3, 0.4) is 0 Å². The van der Waals surface area contributed by atoms with Gasteiger partial charge < -0.3 is 15.0 Å². The molecule has 1 aliphatic heterocycles. The molecular weight excluding hydrogens is 461 g/mol. The first kappa shape index (κ1) is 24.8. The molecule has 0 radical (unpaired) electrons. The summed E-state index contributed by atoms with van der Waals surface area (Å²) in [6.45, 7) is 1.48. The summed E-state index contributed by atoms with van der Waals surface area (Å²) in [4.78, 5) is 42.5. The Bertz CT molecular complexity index is 1330. The lowest BCUT2D eigenvalue weighted by atomic mass is 9.90. The first-order chi connectivity index (χ1) is 17.3. The van der Waals surface area contributed by atoms with Crippen LogP contribution in [0.4, 0.5) is 21.5 Å². The predicted molar refractivity (Wildman–Crippen MR) is 136 cm³/mol. The molecule has 3 aromatic rings. The van der Waals surface area contributed by atoms with Crippen molar-refractivity contribution < 1.29 is 23.5 Å². The molecule has 7 nitrogen and oxygen atoms in total. The SMILES string of the molecule is COC(=O)CCc1ccc(C(=Nc2ccc(N(C)C(C)=O)cc2)C2C(=O)Nc3cc(F)ccc32)cc1. The maximum absolute atomic E-state index is 13.8. The van der Waals surface area contributed by atoms with Crippen molar-refractivity contribution in [2.45, 2.75) is 25.7 Å². The van der Waals surface area contributed by atoms with Crippen molar-refractivity contribution in [1.29, 1.82) is 0 Å². The lowest BCUT2D eigenvalue weighted by molar-refractivity contribution is -0.140. The largest absolute Gasteiger partial charge is 0.469 e. The Kier molecular flexibility index (Phi) is 7.24. The smallest absolute Gasteiger partial charge is 0.305 e. The molecule has 184 valence electrons. The average Bonchev–Trinajstić information content (AvgIpc) is 3.20. The summed E-state index contributed by atoms with van der Waals surface area (Å²) in [6, 6.07) is 18.8. The Balaban J connectivity index is 1.73. The van der Waals surface area contributed by atoms with Gasteiger partial charge in [-0.1, -0.05) is 30.3 Å². The number of ether oxygens (including phenoxy) is 1. The standard InChI is InChI=1S/C28H26FN3O4/c1-17(33)32(2)22-12-10-21(11-13-22)30-27(19-7-4-18(5-8-19)6-15-25(34)36-3)26-23-14-9-20(29)16-24(23)31-28(26)35/h4-5,7-14,16,26H,6,15H2,1-3H3,(H,31,35). The molecule has 0 saturated heterocycles. The van der Waals surface area contributed by atoms with Gasteiger partial charge in [-0.3, -0.25) is 19.4 Å². The number of benzene rings is 3. The van der Waals surface area contributed by atoms with E-state index in [9.17, 15) is 18.8 Å². The minimum Gasteiger partial charge on any atom is -0.469 e. The molecule has 0 fully saturated rings. The van der Waals surface area contributed by atoms with Crippen LogP contribution in [0.2, 0.25) is 0 Å². The second kappa shape index (κ2) is 10.5. The summed E-state index contributed by atoms with van der Waals surface area (Å²) in [5, 5.41) is 2.76. The molecule has 1 aliphatic rings. The topological polar surface area (TPSA) is 88.1 Å². The highest BCUT2D eigenvalue weighted by Gasteiger charge is 2.35. The van der Waals surface area contributed by atoms with Crippen molar-refractivity contribution in [2.75, 3.05) is 24.4 Å². The molecule has 0 aliphatic carbocycles. The number of carbonyl (C=O) groups excluding carboxylic acids is 3. The van der Waals surface area contributed by atoms with Gasteiger partial charge in [0.15, 0.2) is 0 Å². The van der Waals surface area contributed by atoms with E-state index in [0.29, 0.717) is 29.1 Å². The van der Waals surface area contributed by atoms with Crippen LogP contribution in [0.15, 0.2) is 71.7 Å². The molecule has 3 aromatic carbocycles. The second-order valence-corrected chi connectivity index (χ2v) is 8.52. The van der Waals surface area contributed by atoms with Gasteiger partial charge in [-0.15, -0.1) is 0 Å². The summed E-state index contributed by atoms with van der Waals surface area (Å²) in [5.74, 6) is -1.84. The van der Waals surface area contributed by atoms with Crippen molar-refractivity contribution >= 4 is 40.6 Å². The zero-order chi connectivity index (χ0) is 25.8. The fourth-order valence-corrected chi connectivity index (χ4v) is 4.06. The highest BCUT2D eigenvalue weighted by molar-refractivity contribution is 6.24. The molecule has 1 N–H and O–H groups in total. The monoisotopic (exact) mass is 487 g/mol. The number of esters is 1. The number of hydrogen-bond acceptors (Lipinski definition) is 5. The van der Waals surface area contributed by atoms with Crippen LogP contribution in [0.1, 0.15) is 36.0 Å². The fraction of sp³-hybridized carbons (Fsp3) is 0.214. The van der Waals surface area contributed by atoms with Crippen molar-refractivity contribution in [1.82, 2.24) is 0 Å². The summed E-state index contributed by atoms with van der Waals surface area (Å²) < 4.78 is 18.5. The molecule has 4 rings (SSSR count). The van der Waals surface area contributed by atoms with E-state index >= 15 is 0 Å². The Labute approximate surface area is 208 Å². The van der Waals surface area contributed by atoms with Crippen molar-refractivity contribution in [3.63, 3.8) is 0 Å². The minimum atomic E-state index is -0.735. The van der Waals surface area contributed by atoms with Crippen LogP contribution >= 0.6 is 0 Å². The molecule has 2 amide bonds. The molecule has 36 heavy (non-hydrogen) atoms. The first-order valence-electron chi connectivity index (χ1n) is 11.5. The number of hydrogen-bond donors (Lipinski definition) is 1. The Morgan fingerprint density at radius 1 is 1.06 bits per heavy atom. The van der Waals surface area contributed by atoms with E-state index in [1.165, 1.54) is 31.1 Å². The second-order valence-electron chi connectivity index (χ2n) is 8.52. The van der Waals surface area contributed by atoms with E-state index in [4.69, 9.17) is 9.73 Å². The highest BCUT2D eigenvalue weighted by Crippen LogP contribution is 2.37. The number of aliphatic imine (C=N–C) groups is 1. The van der Waals surface area contributed by atoms with E-state index in [2.05, 4.69) is 5.32 Å². The van der Waals surface area contributed by atoms with Gasteiger partial charge >= 0.3 is 5.97 Å². The third kappa shape index (κ3) is 5.33. The summed E-state index contributed by atoms with van der Waals surface area (Å²) >= 11 is 0. The molecule has 0 saturated carbocycles. The quantitative estimate of drug-likeness (QED) is 0.384. The lowest BCUT2D eigenvalue weighted by Gasteiger charge is -2.16. The fourth-order valence-electron chi connectivity index (χ4n) is 4.06. The number of nitrogens with zero attached hydrogens (tertiary/aromatic N) is 2. The predicted octanol–water partition coefficient (Wildman–Crippen LogP) is 4.77. The number of fused-ring (bicyclic) bond motifs is 1. The third-order valence-corrected chi connectivity index (χ3v) is 6.17. The van der Waals surface area contributed by atoms with Crippen LogP contribution in [0.5, 0.6) is 0 Å². The highest BCUT2D eigenvalue weighted by atomic mass is 19.1. The maximum atomic E-state index is 13.8. The van der Waals surface area contributed by atoms with Gasteiger partial charge in [-0.05, 0) is 59.5 Å². The van der Waals surface area contributed by atoms with E-state index in [1.54, 1.807) is 37.4 Å². The Morgan fingerprint density at radius 2 is 1.75 bits per heavy atom. The van der Waals surface area contributed by atoms with Gasteiger partial charge in [0.1, 0.15) is 11.7 Å². The number of aryl methyl sites for hydroxylation is 1. The molecule has 1 heterocycles. The van der Waals surface area contributed by atoms with Crippen LogP contribution in [-0.4, -0.2) is 37.7 Å².